The van der Waals surface area contributed by atoms with Gasteiger partial charge in [0.1, 0.15) is 11.4 Å². The number of carbonyl (C=O) groups excluding carboxylic acids is 1. The molecule has 1 aromatic rings. The molecule has 2 N–H and O–H groups in total. The maximum atomic E-state index is 13.5. The molecule has 1 saturated carbocycles. The van der Waals surface area contributed by atoms with Crippen molar-refractivity contribution >= 4 is 22.0 Å². The summed E-state index contributed by atoms with van der Waals surface area (Å²) in [5.41, 5.74) is 0.385. The van der Waals surface area contributed by atoms with E-state index in [0.717, 1.165) is 18.4 Å². The van der Waals surface area contributed by atoms with Gasteiger partial charge in [0.25, 0.3) is 0 Å². The minimum absolute atomic E-state index is 0.175. The van der Waals surface area contributed by atoms with Gasteiger partial charge in [-0.3, -0.25) is 0 Å². The third kappa shape index (κ3) is 6.47. The monoisotopic (exact) mass is 386 g/mol. The number of hydrogen-bond donors (Lipinski definition) is 2. The lowest BCUT2D eigenvalue weighted by Crippen LogP contribution is -2.43. The van der Waals surface area contributed by atoms with Crippen LogP contribution in [0.5, 0.6) is 0 Å². The fraction of sp³-hybridized carbons (Fsp3) is 0.588. The van der Waals surface area contributed by atoms with Gasteiger partial charge in [-0.25, -0.2) is 9.18 Å². The lowest BCUT2D eigenvalue weighted by Gasteiger charge is -2.22. The largest absolute Gasteiger partial charge is 0.444 e. The zero-order chi connectivity index (χ0) is 17.0. The van der Waals surface area contributed by atoms with Crippen LogP contribution in [-0.2, 0) is 11.3 Å². The molecule has 1 fully saturated rings. The van der Waals surface area contributed by atoms with Gasteiger partial charge < -0.3 is 15.4 Å². The van der Waals surface area contributed by atoms with E-state index in [1.165, 1.54) is 6.07 Å². The number of halogens is 2. The molecule has 1 amide bonds. The van der Waals surface area contributed by atoms with Gasteiger partial charge in [-0.1, -0.05) is 6.07 Å². The fourth-order valence-corrected chi connectivity index (χ4v) is 2.56. The van der Waals surface area contributed by atoms with Crippen LogP contribution in [0.2, 0.25) is 0 Å². The molecule has 0 heterocycles. The van der Waals surface area contributed by atoms with E-state index in [9.17, 15) is 9.18 Å². The highest BCUT2D eigenvalue weighted by Gasteiger charge is 2.31. The van der Waals surface area contributed by atoms with Gasteiger partial charge >= 0.3 is 6.09 Å². The van der Waals surface area contributed by atoms with Crippen LogP contribution in [0.4, 0.5) is 9.18 Å². The van der Waals surface area contributed by atoms with Gasteiger partial charge in [-0.05, 0) is 73.2 Å². The normalized spacial score (nSPS) is 16.0. The van der Waals surface area contributed by atoms with Crippen molar-refractivity contribution in [2.45, 2.75) is 51.8 Å². The Hall–Kier alpha value is -1.14. The fourth-order valence-electron chi connectivity index (χ4n) is 2.31. The molecule has 0 radical (unpaired) electrons. The molecular weight excluding hydrogens is 363 g/mol. The number of hydrogen-bond acceptors (Lipinski definition) is 3. The van der Waals surface area contributed by atoms with E-state index >= 15 is 0 Å². The Bertz CT molecular complexity index is 556. The van der Waals surface area contributed by atoms with E-state index in [0.29, 0.717) is 23.5 Å². The second-order valence-corrected chi connectivity index (χ2v) is 7.81. The van der Waals surface area contributed by atoms with Crippen molar-refractivity contribution in [2.75, 3.05) is 6.54 Å². The molecule has 4 nitrogen and oxygen atoms in total. The van der Waals surface area contributed by atoms with Crippen LogP contribution in [0.1, 0.15) is 39.2 Å². The van der Waals surface area contributed by atoms with Crippen molar-refractivity contribution in [3.8, 4) is 0 Å². The predicted octanol–water partition coefficient (Wildman–Crippen LogP) is 3.98. The maximum Gasteiger partial charge on any atom is 0.407 e. The Morgan fingerprint density at radius 3 is 2.70 bits per heavy atom. The summed E-state index contributed by atoms with van der Waals surface area (Å²) < 4.78 is 19.2. The highest BCUT2D eigenvalue weighted by atomic mass is 79.9. The maximum absolute atomic E-state index is 13.5. The first kappa shape index (κ1) is 18.2. The van der Waals surface area contributed by atoms with E-state index in [-0.39, 0.29) is 11.9 Å². The summed E-state index contributed by atoms with van der Waals surface area (Å²) in [6, 6.07) is 5.28. The Kier molecular flexibility index (Phi) is 6.03. The van der Waals surface area contributed by atoms with Crippen LogP contribution in [0.3, 0.4) is 0 Å². The molecule has 0 bridgehead atoms. The molecule has 128 valence electrons. The lowest BCUT2D eigenvalue weighted by atomic mass is 10.1. The lowest BCUT2D eigenvalue weighted by molar-refractivity contribution is 0.0521. The van der Waals surface area contributed by atoms with Crippen LogP contribution in [-0.4, -0.2) is 24.3 Å². The summed E-state index contributed by atoms with van der Waals surface area (Å²) in [5, 5.41) is 6.22. The third-order valence-corrected chi connectivity index (χ3v) is 4.25. The Balaban J connectivity index is 1.82. The number of benzene rings is 1. The first-order chi connectivity index (χ1) is 10.7. The first-order valence-electron chi connectivity index (χ1n) is 7.89. The summed E-state index contributed by atoms with van der Waals surface area (Å²) in [5.74, 6) is 0.296. The van der Waals surface area contributed by atoms with Crippen molar-refractivity contribution in [1.29, 1.82) is 0 Å². The van der Waals surface area contributed by atoms with Gasteiger partial charge in [0, 0.05) is 19.1 Å². The molecular formula is C17H24BrFN2O2. The van der Waals surface area contributed by atoms with Gasteiger partial charge in [0.2, 0.25) is 0 Å². The van der Waals surface area contributed by atoms with Gasteiger partial charge in [-0.15, -0.1) is 0 Å². The summed E-state index contributed by atoms with van der Waals surface area (Å²) in [4.78, 5) is 11.7. The summed E-state index contributed by atoms with van der Waals surface area (Å²) in [6.45, 7) is 6.60. The SMILES string of the molecule is CC(C)(C)OC(=O)NCC(NCc1ccc(Br)c(F)c1)C1CC1. The molecule has 0 aromatic heterocycles. The number of rotatable bonds is 6. The van der Waals surface area contributed by atoms with Gasteiger partial charge in [-0.2, -0.15) is 0 Å². The van der Waals surface area contributed by atoms with Crippen molar-refractivity contribution in [2.24, 2.45) is 5.92 Å². The van der Waals surface area contributed by atoms with Crippen LogP contribution >= 0.6 is 15.9 Å². The van der Waals surface area contributed by atoms with Crippen LogP contribution in [0.15, 0.2) is 22.7 Å². The van der Waals surface area contributed by atoms with Crippen LogP contribution in [0, 0.1) is 11.7 Å². The van der Waals surface area contributed by atoms with Crippen molar-refractivity contribution < 1.29 is 13.9 Å². The molecule has 23 heavy (non-hydrogen) atoms. The minimum Gasteiger partial charge on any atom is -0.444 e. The van der Waals surface area contributed by atoms with E-state index in [2.05, 4.69) is 26.6 Å². The number of nitrogens with one attached hydrogen (secondary N) is 2. The Morgan fingerprint density at radius 1 is 1.43 bits per heavy atom. The third-order valence-electron chi connectivity index (χ3n) is 3.61. The molecule has 0 aliphatic heterocycles. The molecule has 1 atom stereocenters. The average Bonchev–Trinajstić information content (AvgIpc) is 3.25. The minimum atomic E-state index is -0.498. The van der Waals surface area contributed by atoms with Crippen LogP contribution < -0.4 is 10.6 Å². The van der Waals surface area contributed by atoms with Crippen molar-refractivity contribution in [1.82, 2.24) is 10.6 Å². The molecule has 0 spiro atoms. The second-order valence-electron chi connectivity index (χ2n) is 6.96. The van der Waals surface area contributed by atoms with Gasteiger partial charge in [0.15, 0.2) is 0 Å². The molecule has 6 heteroatoms. The molecule has 1 aliphatic carbocycles. The van der Waals surface area contributed by atoms with E-state index in [1.54, 1.807) is 6.07 Å². The molecule has 2 rings (SSSR count). The molecule has 1 unspecified atom stereocenters. The second kappa shape index (κ2) is 7.62. The van der Waals surface area contributed by atoms with Crippen molar-refractivity contribution in [3.63, 3.8) is 0 Å². The van der Waals surface area contributed by atoms with Crippen LogP contribution in [0.25, 0.3) is 0 Å². The number of alkyl carbamates (subject to hydrolysis) is 1. The van der Waals surface area contributed by atoms with Gasteiger partial charge in [0.05, 0.1) is 4.47 Å². The highest BCUT2D eigenvalue weighted by Crippen LogP contribution is 2.32. The summed E-state index contributed by atoms with van der Waals surface area (Å²) >= 11 is 3.15. The van der Waals surface area contributed by atoms with E-state index < -0.39 is 11.7 Å². The molecule has 1 aliphatic rings. The summed E-state index contributed by atoms with van der Waals surface area (Å²) in [7, 11) is 0. The molecule has 1 aromatic carbocycles. The Morgan fingerprint density at radius 2 is 2.13 bits per heavy atom. The number of amides is 1. The highest BCUT2D eigenvalue weighted by molar-refractivity contribution is 9.10. The standard InChI is InChI=1S/C17H24BrFN2O2/c1-17(2,3)23-16(22)21-10-15(12-5-6-12)20-9-11-4-7-13(18)14(19)8-11/h4,7-8,12,15,20H,5-6,9-10H2,1-3H3,(H,21,22). The smallest absolute Gasteiger partial charge is 0.407 e. The number of ether oxygens (including phenoxy) is 1. The van der Waals surface area contributed by atoms with Crippen molar-refractivity contribution in [3.05, 3.63) is 34.1 Å². The quantitative estimate of drug-likeness (QED) is 0.777. The number of carbonyl (C=O) groups is 1. The zero-order valence-electron chi connectivity index (χ0n) is 13.8. The summed E-state index contributed by atoms with van der Waals surface area (Å²) in [6.07, 6.45) is 1.91. The zero-order valence-corrected chi connectivity index (χ0v) is 15.4. The Labute approximate surface area is 145 Å². The first-order valence-corrected chi connectivity index (χ1v) is 8.68. The predicted molar refractivity (Wildman–Crippen MR) is 91.7 cm³/mol. The average molecular weight is 387 g/mol. The van der Waals surface area contributed by atoms with E-state index in [4.69, 9.17) is 4.74 Å². The topological polar surface area (TPSA) is 50.4 Å². The van der Waals surface area contributed by atoms with E-state index in [1.807, 2.05) is 26.8 Å². The molecule has 0 saturated heterocycles.